The third-order valence-electron chi connectivity index (χ3n) is 2.48. The highest BCUT2D eigenvalue weighted by molar-refractivity contribution is 5.76. The van der Waals surface area contributed by atoms with Crippen LogP contribution in [-0.2, 0) is 11.3 Å². The van der Waals surface area contributed by atoms with Gasteiger partial charge in [-0.2, -0.15) is 0 Å². The van der Waals surface area contributed by atoms with Gasteiger partial charge in [-0.1, -0.05) is 0 Å². The lowest BCUT2D eigenvalue weighted by atomic mass is 10.1. The molecule has 1 heterocycles. The lowest BCUT2D eigenvalue weighted by Gasteiger charge is -2.34. The Morgan fingerprint density at radius 1 is 1.35 bits per heavy atom. The van der Waals surface area contributed by atoms with Gasteiger partial charge in [-0.15, -0.1) is 0 Å². The van der Waals surface area contributed by atoms with E-state index >= 15 is 0 Å². The van der Waals surface area contributed by atoms with Gasteiger partial charge >= 0.3 is 0 Å². The van der Waals surface area contributed by atoms with Crippen molar-refractivity contribution in [1.29, 1.82) is 0 Å². The average Bonchev–Trinajstić information content (AvgIpc) is 2.18. The minimum atomic E-state index is -0.333. The van der Waals surface area contributed by atoms with E-state index in [9.17, 15) is 4.79 Å². The molecule has 0 saturated heterocycles. The van der Waals surface area contributed by atoms with Crippen LogP contribution >= 0.6 is 0 Å². The average molecular weight is 236 g/mol. The number of aryl methyl sites for hydroxylation is 1. The summed E-state index contributed by atoms with van der Waals surface area (Å²) in [5, 5.41) is 0. The summed E-state index contributed by atoms with van der Waals surface area (Å²) in [6, 6.07) is 0. The zero-order valence-corrected chi connectivity index (χ0v) is 10.9. The summed E-state index contributed by atoms with van der Waals surface area (Å²) in [6.45, 7) is 8.80. The molecule has 0 atom stereocenters. The van der Waals surface area contributed by atoms with Crippen LogP contribution in [0.5, 0.6) is 0 Å². The highest BCUT2D eigenvalue weighted by atomic mass is 16.1. The fraction of sp³-hybridized carbons (Fsp3) is 0.583. The molecule has 1 amide bonds. The summed E-state index contributed by atoms with van der Waals surface area (Å²) in [7, 11) is 0. The van der Waals surface area contributed by atoms with Crippen molar-refractivity contribution in [2.24, 2.45) is 5.73 Å². The van der Waals surface area contributed by atoms with Crippen LogP contribution in [0, 0.1) is 6.92 Å². The van der Waals surface area contributed by atoms with Crippen molar-refractivity contribution < 1.29 is 4.79 Å². The number of aromatic nitrogens is 2. The summed E-state index contributed by atoms with van der Waals surface area (Å²) in [4.78, 5) is 21.5. The van der Waals surface area contributed by atoms with E-state index in [1.165, 1.54) is 0 Å². The van der Waals surface area contributed by atoms with Crippen molar-refractivity contribution in [2.45, 2.75) is 39.8 Å². The Morgan fingerprint density at radius 3 is 2.41 bits per heavy atom. The smallest absolute Gasteiger partial charge is 0.231 e. The van der Waals surface area contributed by atoms with Crippen molar-refractivity contribution in [3.05, 3.63) is 23.8 Å². The molecule has 0 spiro atoms. The third kappa shape index (κ3) is 4.48. The number of rotatable bonds is 4. The Morgan fingerprint density at radius 2 is 2.00 bits per heavy atom. The molecule has 0 fully saturated rings. The Labute approximate surface area is 102 Å². The molecule has 1 aromatic heterocycles. The van der Waals surface area contributed by atoms with E-state index in [1.54, 1.807) is 12.4 Å². The first kappa shape index (κ1) is 13.6. The van der Waals surface area contributed by atoms with Crippen LogP contribution < -0.4 is 5.73 Å². The molecule has 0 aliphatic carbocycles. The van der Waals surface area contributed by atoms with Gasteiger partial charge in [0.2, 0.25) is 5.91 Å². The maximum absolute atomic E-state index is 11.0. The molecule has 0 aromatic carbocycles. The molecule has 0 bridgehead atoms. The fourth-order valence-corrected chi connectivity index (χ4v) is 1.41. The summed E-state index contributed by atoms with van der Waals surface area (Å²) >= 11 is 0. The molecule has 1 aromatic rings. The second kappa shape index (κ2) is 5.23. The van der Waals surface area contributed by atoms with Crippen LogP contribution in [0.25, 0.3) is 0 Å². The molecule has 0 aliphatic heterocycles. The molecule has 2 N–H and O–H groups in total. The molecule has 5 nitrogen and oxygen atoms in total. The van der Waals surface area contributed by atoms with Gasteiger partial charge in [-0.25, -0.2) is 0 Å². The summed E-state index contributed by atoms with van der Waals surface area (Å²) < 4.78 is 0. The van der Waals surface area contributed by atoms with E-state index in [0.717, 1.165) is 11.4 Å². The molecule has 1 rings (SSSR count). The van der Waals surface area contributed by atoms with Crippen molar-refractivity contribution in [2.75, 3.05) is 6.54 Å². The van der Waals surface area contributed by atoms with E-state index in [1.807, 2.05) is 32.6 Å². The highest BCUT2D eigenvalue weighted by Gasteiger charge is 2.23. The maximum atomic E-state index is 11.0. The number of primary amides is 1. The first-order chi connectivity index (χ1) is 7.79. The quantitative estimate of drug-likeness (QED) is 0.842. The molecule has 94 valence electrons. The Hall–Kier alpha value is -1.49. The van der Waals surface area contributed by atoms with Crippen LogP contribution in [0.15, 0.2) is 12.4 Å². The first-order valence-electron chi connectivity index (χ1n) is 5.60. The van der Waals surface area contributed by atoms with Gasteiger partial charge in [0.15, 0.2) is 0 Å². The van der Waals surface area contributed by atoms with E-state index in [2.05, 4.69) is 9.97 Å². The van der Waals surface area contributed by atoms with Crippen LogP contribution in [0.1, 0.15) is 32.2 Å². The van der Waals surface area contributed by atoms with Crippen molar-refractivity contribution in [3.8, 4) is 0 Å². The van der Waals surface area contributed by atoms with Crippen molar-refractivity contribution in [3.63, 3.8) is 0 Å². The van der Waals surface area contributed by atoms with Crippen LogP contribution in [0.3, 0.4) is 0 Å². The SMILES string of the molecule is Cc1cnc(CN(CC(N)=O)C(C)(C)C)cn1. The maximum Gasteiger partial charge on any atom is 0.231 e. The molecule has 5 heteroatoms. The molecular weight excluding hydrogens is 216 g/mol. The van der Waals surface area contributed by atoms with E-state index in [0.29, 0.717) is 6.54 Å². The molecule has 0 radical (unpaired) electrons. The zero-order valence-electron chi connectivity index (χ0n) is 10.9. The molecular formula is C12H20N4O. The number of carbonyl (C=O) groups is 1. The number of hydrogen-bond donors (Lipinski definition) is 1. The Bertz CT molecular complexity index is 380. The zero-order chi connectivity index (χ0) is 13.1. The topological polar surface area (TPSA) is 72.1 Å². The second-order valence-corrected chi connectivity index (χ2v) is 5.14. The van der Waals surface area contributed by atoms with E-state index in [4.69, 9.17) is 5.73 Å². The lowest BCUT2D eigenvalue weighted by Crippen LogP contribution is -2.45. The minimum absolute atomic E-state index is 0.137. The molecule has 17 heavy (non-hydrogen) atoms. The van der Waals surface area contributed by atoms with Gasteiger partial charge in [0, 0.05) is 24.5 Å². The van der Waals surface area contributed by atoms with Gasteiger partial charge < -0.3 is 5.73 Å². The van der Waals surface area contributed by atoms with Gasteiger partial charge in [0.1, 0.15) is 0 Å². The Kier molecular flexibility index (Phi) is 4.17. The first-order valence-corrected chi connectivity index (χ1v) is 5.60. The number of nitrogens with zero attached hydrogens (tertiary/aromatic N) is 3. The van der Waals surface area contributed by atoms with Crippen LogP contribution in [0.2, 0.25) is 0 Å². The van der Waals surface area contributed by atoms with Gasteiger partial charge in [0.25, 0.3) is 0 Å². The fourth-order valence-electron chi connectivity index (χ4n) is 1.41. The third-order valence-corrected chi connectivity index (χ3v) is 2.48. The number of hydrogen-bond acceptors (Lipinski definition) is 4. The van der Waals surface area contributed by atoms with Crippen molar-refractivity contribution >= 4 is 5.91 Å². The minimum Gasteiger partial charge on any atom is -0.369 e. The van der Waals surface area contributed by atoms with E-state index in [-0.39, 0.29) is 18.0 Å². The molecule has 0 aliphatic rings. The van der Waals surface area contributed by atoms with Crippen LogP contribution in [-0.4, -0.2) is 32.9 Å². The number of amides is 1. The van der Waals surface area contributed by atoms with E-state index < -0.39 is 0 Å². The molecule has 0 saturated carbocycles. The summed E-state index contributed by atoms with van der Waals surface area (Å²) in [6.07, 6.45) is 3.45. The standard InChI is InChI=1S/C12H20N4O/c1-9-5-15-10(6-14-9)7-16(8-11(13)17)12(2,3)4/h5-6H,7-8H2,1-4H3,(H2,13,17). The van der Waals surface area contributed by atoms with Gasteiger partial charge in [0.05, 0.1) is 17.9 Å². The van der Waals surface area contributed by atoms with Crippen molar-refractivity contribution in [1.82, 2.24) is 14.9 Å². The largest absolute Gasteiger partial charge is 0.369 e. The van der Waals surface area contributed by atoms with Gasteiger partial charge in [-0.3, -0.25) is 19.7 Å². The lowest BCUT2D eigenvalue weighted by molar-refractivity contribution is -0.120. The second-order valence-electron chi connectivity index (χ2n) is 5.14. The number of carbonyl (C=O) groups excluding carboxylic acids is 1. The highest BCUT2D eigenvalue weighted by Crippen LogP contribution is 2.15. The molecule has 0 unspecified atom stereocenters. The predicted molar refractivity (Wildman–Crippen MR) is 66.1 cm³/mol. The van der Waals surface area contributed by atoms with Gasteiger partial charge in [-0.05, 0) is 27.7 Å². The normalized spacial score (nSPS) is 11.8. The summed E-state index contributed by atoms with van der Waals surface area (Å²) in [5.74, 6) is -0.333. The Balaban J connectivity index is 2.79. The van der Waals surface area contributed by atoms with Crippen LogP contribution in [0.4, 0.5) is 0 Å². The number of nitrogens with two attached hydrogens (primary N) is 1. The summed E-state index contributed by atoms with van der Waals surface area (Å²) in [5.41, 5.74) is 6.83. The predicted octanol–water partition coefficient (Wildman–Crippen LogP) is 0.871. The monoisotopic (exact) mass is 236 g/mol.